The zero-order valence-corrected chi connectivity index (χ0v) is 16.7. The fourth-order valence-corrected chi connectivity index (χ4v) is 3.38. The molecule has 2 aromatic heterocycles. The summed E-state index contributed by atoms with van der Waals surface area (Å²) in [6.07, 6.45) is 2.94. The van der Waals surface area contributed by atoms with Crippen LogP contribution in [-0.4, -0.2) is 31.6 Å². The van der Waals surface area contributed by atoms with Crippen molar-refractivity contribution in [3.63, 3.8) is 0 Å². The summed E-state index contributed by atoms with van der Waals surface area (Å²) in [7, 11) is 0. The minimum absolute atomic E-state index is 0.122. The Labute approximate surface area is 172 Å². The van der Waals surface area contributed by atoms with E-state index in [2.05, 4.69) is 20.5 Å². The maximum absolute atomic E-state index is 14.3. The standard InChI is InChI=1S/C21H21FN6O2/c1-13(2)27-12-23-26-20(27)16-6-4-7-18(24-16)25-21(30)15-10-9-14-5-3-8-19(29)28(22)17(14)11-15/h4,6-7,9-13H,3,5,8H2,1-2H3,(H,24,25,30). The topological polar surface area (TPSA) is 93.0 Å². The van der Waals surface area contributed by atoms with E-state index in [1.165, 1.54) is 6.07 Å². The van der Waals surface area contributed by atoms with Crippen molar-refractivity contribution in [1.29, 1.82) is 0 Å². The number of nitrogens with zero attached hydrogens (tertiary/aromatic N) is 5. The van der Waals surface area contributed by atoms with Gasteiger partial charge in [0.25, 0.3) is 11.8 Å². The first-order valence-electron chi connectivity index (χ1n) is 9.74. The molecule has 0 aliphatic carbocycles. The summed E-state index contributed by atoms with van der Waals surface area (Å²) in [5.41, 5.74) is 1.63. The van der Waals surface area contributed by atoms with Gasteiger partial charge in [0, 0.05) is 18.0 Å². The summed E-state index contributed by atoms with van der Waals surface area (Å²) in [4.78, 5) is 29.0. The Morgan fingerprint density at radius 1 is 1.20 bits per heavy atom. The SMILES string of the molecule is CC(C)n1cnnc1-c1cccc(NC(=O)c2ccc3c(c2)N(F)C(=O)CCC3)n1. The average molecular weight is 408 g/mol. The molecule has 0 spiro atoms. The van der Waals surface area contributed by atoms with Crippen LogP contribution >= 0.6 is 0 Å². The molecule has 30 heavy (non-hydrogen) atoms. The highest BCUT2D eigenvalue weighted by atomic mass is 19.2. The Morgan fingerprint density at radius 3 is 2.83 bits per heavy atom. The lowest BCUT2D eigenvalue weighted by Crippen LogP contribution is -2.21. The van der Waals surface area contributed by atoms with Crippen molar-refractivity contribution < 1.29 is 14.1 Å². The molecule has 0 fully saturated rings. The zero-order chi connectivity index (χ0) is 21.3. The summed E-state index contributed by atoms with van der Waals surface area (Å²) in [6, 6.07) is 10.1. The molecule has 1 aliphatic rings. The number of nitrogens with one attached hydrogen (secondary N) is 1. The van der Waals surface area contributed by atoms with Crippen LogP contribution in [-0.2, 0) is 11.2 Å². The number of amides is 2. The second-order valence-electron chi connectivity index (χ2n) is 7.39. The predicted octanol–water partition coefficient (Wildman–Crippen LogP) is 3.73. The number of hydrogen-bond donors (Lipinski definition) is 1. The van der Waals surface area contributed by atoms with E-state index in [1.54, 1.807) is 36.7 Å². The molecule has 8 nitrogen and oxygen atoms in total. The summed E-state index contributed by atoms with van der Waals surface area (Å²) in [5, 5.41) is 10.9. The van der Waals surface area contributed by atoms with Crippen molar-refractivity contribution in [2.45, 2.75) is 39.2 Å². The molecular weight excluding hydrogens is 387 g/mol. The van der Waals surface area contributed by atoms with Gasteiger partial charge in [0.15, 0.2) is 5.82 Å². The van der Waals surface area contributed by atoms with Crippen molar-refractivity contribution >= 4 is 23.3 Å². The summed E-state index contributed by atoms with van der Waals surface area (Å²) < 4.78 is 16.2. The highest BCUT2D eigenvalue weighted by Crippen LogP contribution is 2.29. The molecule has 4 rings (SSSR count). The number of aryl methyl sites for hydroxylation is 1. The van der Waals surface area contributed by atoms with Crippen LogP contribution in [0.2, 0.25) is 0 Å². The minimum Gasteiger partial charge on any atom is -0.310 e. The van der Waals surface area contributed by atoms with E-state index in [9.17, 15) is 14.1 Å². The van der Waals surface area contributed by atoms with Crippen LogP contribution < -0.4 is 10.4 Å². The van der Waals surface area contributed by atoms with E-state index >= 15 is 0 Å². The number of hydrogen-bond acceptors (Lipinski definition) is 5. The number of pyridine rings is 1. The lowest BCUT2D eigenvalue weighted by atomic mass is 10.0. The number of benzene rings is 1. The van der Waals surface area contributed by atoms with E-state index in [-0.39, 0.29) is 28.8 Å². The number of rotatable bonds is 4. The maximum atomic E-state index is 14.3. The molecule has 0 saturated heterocycles. The lowest BCUT2D eigenvalue weighted by Gasteiger charge is -2.14. The Kier molecular flexibility index (Phi) is 5.26. The molecule has 0 radical (unpaired) electrons. The zero-order valence-electron chi connectivity index (χ0n) is 16.7. The molecule has 1 N–H and O–H groups in total. The van der Waals surface area contributed by atoms with Gasteiger partial charge in [-0.1, -0.05) is 16.6 Å². The van der Waals surface area contributed by atoms with Crippen LogP contribution in [0.3, 0.4) is 0 Å². The minimum atomic E-state index is -0.602. The van der Waals surface area contributed by atoms with Gasteiger partial charge in [-0.05, 0) is 56.5 Å². The second kappa shape index (κ2) is 8.02. The average Bonchev–Trinajstić information content (AvgIpc) is 3.19. The van der Waals surface area contributed by atoms with Crippen molar-refractivity contribution in [1.82, 2.24) is 19.7 Å². The van der Waals surface area contributed by atoms with Crippen LogP contribution in [0.5, 0.6) is 0 Å². The number of carbonyl (C=O) groups is 2. The van der Waals surface area contributed by atoms with Gasteiger partial charge >= 0.3 is 0 Å². The lowest BCUT2D eigenvalue weighted by molar-refractivity contribution is -0.121. The highest BCUT2D eigenvalue weighted by molar-refractivity contribution is 6.05. The monoisotopic (exact) mass is 408 g/mol. The molecule has 9 heteroatoms. The Bertz CT molecular complexity index is 1110. The van der Waals surface area contributed by atoms with E-state index < -0.39 is 11.8 Å². The molecule has 0 saturated carbocycles. The van der Waals surface area contributed by atoms with E-state index in [0.29, 0.717) is 35.7 Å². The summed E-state index contributed by atoms with van der Waals surface area (Å²) in [6.45, 7) is 4.02. The Morgan fingerprint density at radius 2 is 2.03 bits per heavy atom. The van der Waals surface area contributed by atoms with Gasteiger partial charge in [0.2, 0.25) is 0 Å². The third kappa shape index (κ3) is 3.78. The molecule has 2 amide bonds. The fourth-order valence-electron chi connectivity index (χ4n) is 3.38. The molecule has 1 aromatic carbocycles. The van der Waals surface area contributed by atoms with Gasteiger partial charge in [-0.3, -0.25) is 9.59 Å². The third-order valence-corrected chi connectivity index (χ3v) is 4.96. The van der Waals surface area contributed by atoms with E-state index in [4.69, 9.17) is 0 Å². The third-order valence-electron chi connectivity index (χ3n) is 4.96. The molecule has 154 valence electrons. The molecular formula is C21H21FN6O2. The van der Waals surface area contributed by atoms with Crippen LogP contribution in [0.1, 0.15) is 48.7 Å². The van der Waals surface area contributed by atoms with Crippen LogP contribution in [0.4, 0.5) is 16.0 Å². The predicted molar refractivity (Wildman–Crippen MR) is 110 cm³/mol. The number of fused-ring (bicyclic) bond motifs is 1. The number of anilines is 2. The smallest absolute Gasteiger partial charge is 0.256 e. The highest BCUT2D eigenvalue weighted by Gasteiger charge is 2.23. The van der Waals surface area contributed by atoms with Crippen LogP contribution in [0, 0.1) is 0 Å². The van der Waals surface area contributed by atoms with E-state index in [1.807, 2.05) is 18.4 Å². The van der Waals surface area contributed by atoms with Gasteiger partial charge in [-0.25, -0.2) is 4.98 Å². The van der Waals surface area contributed by atoms with Gasteiger partial charge in [-0.2, -0.15) is 0 Å². The van der Waals surface area contributed by atoms with Crippen LogP contribution in [0.15, 0.2) is 42.7 Å². The first kappa shape index (κ1) is 19.7. The molecule has 0 bridgehead atoms. The molecule has 0 unspecified atom stereocenters. The number of carbonyl (C=O) groups excluding carboxylic acids is 2. The molecule has 3 aromatic rings. The van der Waals surface area contributed by atoms with Gasteiger partial charge in [0.05, 0.1) is 5.69 Å². The van der Waals surface area contributed by atoms with Crippen molar-refractivity contribution in [2.75, 3.05) is 10.4 Å². The first-order valence-corrected chi connectivity index (χ1v) is 9.74. The molecule has 1 aliphatic heterocycles. The van der Waals surface area contributed by atoms with Gasteiger partial charge in [-0.15, -0.1) is 15.3 Å². The number of aromatic nitrogens is 4. The van der Waals surface area contributed by atoms with Gasteiger partial charge in [0.1, 0.15) is 17.8 Å². The van der Waals surface area contributed by atoms with Gasteiger partial charge < -0.3 is 9.88 Å². The van der Waals surface area contributed by atoms with Crippen LogP contribution in [0.25, 0.3) is 11.5 Å². The van der Waals surface area contributed by atoms with E-state index in [0.717, 1.165) is 0 Å². The Balaban J connectivity index is 1.59. The Hall–Kier alpha value is -3.62. The molecule has 3 heterocycles. The fraction of sp³-hybridized carbons (Fsp3) is 0.286. The van der Waals surface area contributed by atoms with Crippen molar-refractivity contribution in [3.8, 4) is 11.5 Å². The maximum Gasteiger partial charge on any atom is 0.256 e. The molecule has 0 atom stereocenters. The first-order chi connectivity index (χ1) is 14.4. The second-order valence-corrected chi connectivity index (χ2v) is 7.39. The normalized spacial score (nSPS) is 13.9. The summed E-state index contributed by atoms with van der Waals surface area (Å²) >= 11 is 0. The van der Waals surface area contributed by atoms with Crippen molar-refractivity contribution in [3.05, 3.63) is 53.9 Å². The van der Waals surface area contributed by atoms with Crippen molar-refractivity contribution in [2.24, 2.45) is 0 Å². The largest absolute Gasteiger partial charge is 0.310 e. The summed E-state index contributed by atoms with van der Waals surface area (Å²) in [5.74, 6) is -0.121. The number of halogens is 1. The quantitative estimate of drug-likeness (QED) is 0.664.